The largest absolute Gasteiger partial charge is 0.494 e. The van der Waals surface area contributed by atoms with E-state index in [1.54, 1.807) is 18.2 Å². The van der Waals surface area contributed by atoms with E-state index < -0.39 is 0 Å². The fraction of sp³-hybridized carbons (Fsp3) is 0.250. The van der Waals surface area contributed by atoms with Gasteiger partial charge >= 0.3 is 0 Å². The molecule has 0 amide bonds. The number of ether oxygens (including phenoxy) is 1. The molecule has 2 rings (SSSR count). The summed E-state index contributed by atoms with van der Waals surface area (Å²) in [5.41, 5.74) is 1.76. The molecule has 0 aliphatic carbocycles. The van der Waals surface area contributed by atoms with Crippen molar-refractivity contribution in [3.8, 4) is 5.75 Å². The van der Waals surface area contributed by atoms with Gasteiger partial charge in [-0.05, 0) is 23.6 Å². The molecule has 0 radical (unpaired) electrons. The molecule has 0 heterocycles. The van der Waals surface area contributed by atoms with E-state index in [0.717, 1.165) is 5.56 Å². The van der Waals surface area contributed by atoms with E-state index in [0.29, 0.717) is 17.9 Å². The third-order valence-corrected chi connectivity index (χ3v) is 3.56. The van der Waals surface area contributed by atoms with E-state index in [1.807, 2.05) is 30.3 Å². The fourth-order valence-corrected chi connectivity index (χ4v) is 2.41. The van der Waals surface area contributed by atoms with E-state index in [1.165, 1.54) is 7.11 Å². The van der Waals surface area contributed by atoms with Crippen LogP contribution in [0.5, 0.6) is 5.75 Å². The Morgan fingerprint density at radius 1 is 1.11 bits per heavy atom. The maximum Gasteiger partial charge on any atom is 0.168 e. The van der Waals surface area contributed by atoms with Crippen molar-refractivity contribution in [3.05, 3.63) is 65.5 Å². The number of benzene rings is 2. The first-order chi connectivity index (χ1) is 9.26. The van der Waals surface area contributed by atoms with Gasteiger partial charge in [-0.15, -0.1) is 11.6 Å². The summed E-state index contributed by atoms with van der Waals surface area (Å²) in [7, 11) is 1.47. The van der Waals surface area contributed by atoms with Crippen LogP contribution in [-0.4, -0.2) is 13.0 Å². The summed E-state index contributed by atoms with van der Waals surface area (Å²) in [5, 5.41) is 0. The molecule has 1 nitrogen and oxygen atoms in total. The maximum atomic E-state index is 14.1. The average Bonchev–Trinajstić information content (AvgIpc) is 2.47. The van der Waals surface area contributed by atoms with Gasteiger partial charge < -0.3 is 4.74 Å². The van der Waals surface area contributed by atoms with Gasteiger partial charge in [0.25, 0.3) is 0 Å². The van der Waals surface area contributed by atoms with Crippen molar-refractivity contribution in [3.63, 3.8) is 0 Å². The van der Waals surface area contributed by atoms with E-state index in [4.69, 9.17) is 16.3 Å². The standard InChI is InChI=1S/C16H16ClFO/c1-19-15-9-5-8-13(16(15)18)10-14(11-17)12-6-3-2-4-7-12/h2-9,14H,10-11H2,1H3. The van der Waals surface area contributed by atoms with E-state index in [-0.39, 0.29) is 17.5 Å². The third kappa shape index (κ3) is 3.27. The second-order valence-corrected chi connectivity index (χ2v) is 4.71. The molecule has 3 heteroatoms. The predicted molar refractivity (Wildman–Crippen MR) is 76.6 cm³/mol. The molecule has 0 spiro atoms. The number of alkyl halides is 1. The van der Waals surface area contributed by atoms with Crippen LogP contribution in [0.2, 0.25) is 0 Å². The minimum Gasteiger partial charge on any atom is -0.494 e. The highest BCUT2D eigenvalue weighted by Crippen LogP contribution is 2.27. The Kier molecular flexibility index (Phi) is 4.80. The first-order valence-corrected chi connectivity index (χ1v) is 6.72. The van der Waals surface area contributed by atoms with Gasteiger partial charge in [-0.3, -0.25) is 0 Å². The Morgan fingerprint density at radius 3 is 2.47 bits per heavy atom. The summed E-state index contributed by atoms with van der Waals surface area (Å²) in [6.07, 6.45) is 0.566. The quantitative estimate of drug-likeness (QED) is 0.737. The molecule has 0 N–H and O–H groups in total. The average molecular weight is 279 g/mol. The third-order valence-electron chi connectivity index (χ3n) is 3.19. The number of rotatable bonds is 5. The van der Waals surface area contributed by atoms with Crippen molar-refractivity contribution >= 4 is 11.6 Å². The minimum absolute atomic E-state index is 0.101. The monoisotopic (exact) mass is 278 g/mol. The van der Waals surface area contributed by atoms with Crippen LogP contribution in [-0.2, 0) is 6.42 Å². The highest BCUT2D eigenvalue weighted by Gasteiger charge is 2.15. The van der Waals surface area contributed by atoms with Crippen molar-refractivity contribution in [1.82, 2.24) is 0 Å². The molecular weight excluding hydrogens is 263 g/mol. The van der Waals surface area contributed by atoms with Crippen LogP contribution < -0.4 is 4.74 Å². The molecule has 100 valence electrons. The number of hydrogen-bond acceptors (Lipinski definition) is 1. The smallest absolute Gasteiger partial charge is 0.168 e. The van der Waals surface area contributed by atoms with Crippen LogP contribution in [0.15, 0.2) is 48.5 Å². The highest BCUT2D eigenvalue weighted by molar-refractivity contribution is 6.18. The Balaban J connectivity index is 2.24. The molecule has 0 saturated heterocycles. The van der Waals surface area contributed by atoms with Crippen molar-refractivity contribution in [2.45, 2.75) is 12.3 Å². The van der Waals surface area contributed by atoms with Crippen molar-refractivity contribution < 1.29 is 9.13 Å². The van der Waals surface area contributed by atoms with Crippen LogP contribution in [0, 0.1) is 5.82 Å². The molecule has 0 bridgehead atoms. The second-order valence-electron chi connectivity index (χ2n) is 4.40. The van der Waals surface area contributed by atoms with Gasteiger partial charge in [0, 0.05) is 11.8 Å². The van der Waals surface area contributed by atoms with E-state index in [2.05, 4.69) is 0 Å². The zero-order chi connectivity index (χ0) is 13.7. The van der Waals surface area contributed by atoms with Gasteiger partial charge in [0.1, 0.15) is 0 Å². The molecule has 0 saturated carbocycles. The highest BCUT2D eigenvalue weighted by atomic mass is 35.5. The fourth-order valence-electron chi connectivity index (χ4n) is 2.12. The molecule has 0 aliphatic rings. The topological polar surface area (TPSA) is 9.23 Å². The van der Waals surface area contributed by atoms with Crippen LogP contribution in [0.3, 0.4) is 0 Å². The summed E-state index contributed by atoms with van der Waals surface area (Å²) < 4.78 is 19.1. The molecular formula is C16H16ClFO. The molecule has 0 aliphatic heterocycles. The van der Waals surface area contributed by atoms with E-state index >= 15 is 0 Å². The van der Waals surface area contributed by atoms with Crippen LogP contribution in [0.25, 0.3) is 0 Å². The summed E-state index contributed by atoms with van der Waals surface area (Å²) >= 11 is 6.02. The number of methoxy groups -OCH3 is 1. The van der Waals surface area contributed by atoms with Crippen molar-refractivity contribution in [2.24, 2.45) is 0 Å². The SMILES string of the molecule is COc1cccc(CC(CCl)c2ccccc2)c1F. The van der Waals surface area contributed by atoms with Crippen molar-refractivity contribution in [2.75, 3.05) is 13.0 Å². The molecule has 2 aromatic carbocycles. The van der Waals surface area contributed by atoms with Gasteiger partial charge in [-0.1, -0.05) is 42.5 Å². The summed E-state index contributed by atoms with van der Waals surface area (Å²) in [5.74, 6) is 0.542. The zero-order valence-corrected chi connectivity index (χ0v) is 11.5. The molecule has 19 heavy (non-hydrogen) atoms. The molecule has 2 aromatic rings. The van der Waals surface area contributed by atoms with Crippen LogP contribution in [0.1, 0.15) is 17.0 Å². The van der Waals surface area contributed by atoms with Gasteiger partial charge in [-0.25, -0.2) is 4.39 Å². The lowest BCUT2D eigenvalue weighted by Gasteiger charge is -2.15. The Bertz CT molecular complexity index is 528. The Hall–Kier alpha value is -1.54. The lowest BCUT2D eigenvalue weighted by molar-refractivity contribution is 0.383. The first-order valence-electron chi connectivity index (χ1n) is 6.18. The summed E-state index contributed by atoms with van der Waals surface area (Å²) in [4.78, 5) is 0. The molecule has 1 unspecified atom stereocenters. The first kappa shape index (κ1) is 13.9. The maximum absolute atomic E-state index is 14.1. The summed E-state index contributed by atoms with van der Waals surface area (Å²) in [6.45, 7) is 0. The zero-order valence-electron chi connectivity index (χ0n) is 10.8. The second kappa shape index (κ2) is 6.58. The normalized spacial score (nSPS) is 12.2. The molecule has 0 fully saturated rings. The predicted octanol–water partition coefficient (Wildman–Crippen LogP) is 4.40. The van der Waals surface area contributed by atoms with Gasteiger partial charge in [-0.2, -0.15) is 0 Å². The lowest BCUT2D eigenvalue weighted by Crippen LogP contribution is -2.06. The van der Waals surface area contributed by atoms with Crippen molar-refractivity contribution in [1.29, 1.82) is 0 Å². The molecule has 0 aromatic heterocycles. The Labute approximate surface area is 118 Å². The number of hydrogen-bond donors (Lipinski definition) is 0. The van der Waals surface area contributed by atoms with Crippen LogP contribution in [0.4, 0.5) is 4.39 Å². The van der Waals surface area contributed by atoms with Gasteiger partial charge in [0.05, 0.1) is 7.11 Å². The lowest BCUT2D eigenvalue weighted by atomic mass is 9.93. The van der Waals surface area contributed by atoms with E-state index in [9.17, 15) is 4.39 Å². The Morgan fingerprint density at radius 2 is 1.84 bits per heavy atom. The minimum atomic E-state index is -0.295. The summed E-state index contributed by atoms with van der Waals surface area (Å²) in [6, 6.07) is 15.1. The van der Waals surface area contributed by atoms with Crippen LogP contribution >= 0.6 is 11.6 Å². The number of halogens is 2. The van der Waals surface area contributed by atoms with Gasteiger partial charge in [0.15, 0.2) is 11.6 Å². The van der Waals surface area contributed by atoms with Gasteiger partial charge in [0.2, 0.25) is 0 Å². The molecule has 1 atom stereocenters.